The molecule has 0 fully saturated rings. The molecule has 0 aliphatic rings. The van der Waals surface area contributed by atoms with E-state index in [2.05, 4.69) is 5.32 Å². The molecule has 0 aliphatic carbocycles. The molecular weight excluding hydrogens is 409 g/mol. The number of benzene rings is 2. The van der Waals surface area contributed by atoms with Gasteiger partial charge in [0, 0.05) is 20.0 Å². The molecule has 0 saturated heterocycles. The second-order valence-electron chi connectivity index (χ2n) is 7.08. The summed E-state index contributed by atoms with van der Waals surface area (Å²) in [6.45, 7) is 0.0961. The van der Waals surface area contributed by atoms with Crippen molar-refractivity contribution >= 4 is 11.8 Å². The molecule has 5 nitrogen and oxygen atoms in total. The number of carbonyl (C=O) groups excluding carboxylic acids is 2. The number of likely N-dealkylation sites (N-methyl/N-ethyl adjacent to an activating group) is 1. The zero-order valence-electron chi connectivity index (χ0n) is 16.7. The molecule has 8 heteroatoms. The summed E-state index contributed by atoms with van der Waals surface area (Å²) in [5.74, 6) is -0.817. The molecule has 0 saturated carbocycles. The van der Waals surface area contributed by atoms with Crippen molar-refractivity contribution in [3.05, 3.63) is 95.4 Å². The first-order chi connectivity index (χ1) is 14.7. The third-order valence-electron chi connectivity index (χ3n) is 4.71. The minimum atomic E-state index is -4.42. The SMILES string of the molecule is CN(Cc1ccc(C(F)(F)F)cc1)C(=O)C(Cc1ccccc1)NC(=O)c1ccco1. The van der Waals surface area contributed by atoms with Crippen LogP contribution in [0, 0.1) is 0 Å². The Morgan fingerprint density at radius 1 is 0.968 bits per heavy atom. The molecule has 2 aromatic carbocycles. The molecule has 1 heterocycles. The Bertz CT molecular complexity index is 1000. The molecule has 1 unspecified atom stereocenters. The summed E-state index contributed by atoms with van der Waals surface area (Å²) in [6.07, 6.45) is -2.81. The average molecular weight is 430 g/mol. The van der Waals surface area contributed by atoms with Crippen LogP contribution < -0.4 is 5.32 Å². The van der Waals surface area contributed by atoms with Crippen molar-refractivity contribution in [1.82, 2.24) is 10.2 Å². The smallest absolute Gasteiger partial charge is 0.416 e. The Hall–Kier alpha value is -3.55. The second-order valence-corrected chi connectivity index (χ2v) is 7.08. The molecule has 2 amide bonds. The van der Waals surface area contributed by atoms with Gasteiger partial charge < -0.3 is 14.6 Å². The molecule has 0 radical (unpaired) electrons. The molecule has 1 N–H and O–H groups in total. The topological polar surface area (TPSA) is 62.6 Å². The first-order valence-corrected chi connectivity index (χ1v) is 9.53. The summed E-state index contributed by atoms with van der Waals surface area (Å²) in [6, 6.07) is 16.0. The van der Waals surface area contributed by atoms with Gasteiger partial charge in [0.25, 0.3) is 5.91 Å². The van der Waals surface area contributed by atoms with Crippen LogP contribution >= 0.6 is 0 Å². The Labute approximate surface area is 177 Å². The normalized spacial score (nSPS) is 12.3. The lowest BCUT2D eigenvalue weighted by molar-refractivity contribution is -0.137. The van der Waals surface area contributed by atoms with E-state index in [-0.39, 0.29) is 24.6 Å². The fourth-order valence-corrected chi connectivity index (χ4v) is 3.10. The fraction of sp³-hybridized carbons (Fsp3) is 0.217. The molecule has 1 atom stereocenters. The lowest BCUT2D eigenvalue weighted by Gasteiger charge is -2.25. The number of amides is 2. The standard InChI is InChI=1S/C23H21F3N2O3/c1-28(15-17-9-11-18(12-10-17)23(24,25)26)22(30)19(14-16-6-3-2-4-7-16)27-21(29)20-8-5-13-31-20/h2-13,19H,14-15H2,1H3,(H,27,29). The monoisotopic (exact) mass is 430 g/mol. The van der Waals surface area contributed by atoms with Crippen LogP contribution in [-0.2, 0) is 23.9 Å². The number of nitrogens with one attached hydrogen (secondary N) is 1. The van der Waals surface area contributed by atoms with Crippen LogP contribution in [0.15, 0.2) is 77.4 Å². The van der Waals surface area contributed by atoms with E-state index in [0.29, 0.717) is 5.56 Å². The fourth-order valence-electron chi connectivity index (χ4n) is 3.10. The van der Waals surface area contributed by atoms with Crippen LogP contribution in [0.1, 0.15) is 27.2 Å². The number of halogens is 3. The van der Waals surface area contributed by atoms with Gasteiger partial charge in [-0.15, -0.1) is 0 Å². The first-order valence-electron chi connectivity index (χ1n) is 9.53. The van der Waals surface area contributed by atoms with Gasteiger partial charge in [0.1, 0.15) is 6.04 Å². The van der Waals surface area contributed by atoms with Crippen LogP contribution in [0.5, 0.6) is 0 Å². The third kappa shape index (κ3) is 5.97. The van der Waals surface area contributed by atoms with Crippen molar-refractivity contribution in [2.75, 3.05) is 7.05 Å². The predicted octanol–water partition coefficient (Wildman–Crippen LogP) is 4.30. The quantitative estimate of drug-likeness (QED) is 0.608. The van der Waals surface area contributed by atoms with Crippen molar-refractivity contribution in [2.45, 2.75) is 25.2 Å². The minimum Gasteiger partial charge on any atom is -0.459 e. The number of nitrogens with zero attached hydrogens (tertiary/aromatic N) is 1. The molecule has 0 spiro atoms. The number of hydrogen-bond acceptors (Lipinski definition) is 3. The highest BCUT2D eigenvalue weighted by molar-refractivity contribution is 5.95. The van der Waals surface area contributed by atoms with Gasteiger partial charge in [-0.3, -0.25) is 9.59 Å². The Morgan fingerprint density at radius 3 is 2.23 bits per heavy atom. The number of alkyl halides is 3. The lowest BCUT2D eigenvalue weighted by Crippen LogP contribution is -2.48. The van der Waals surface area contributed by atoms with Crippen LogP contribution in [-0.4, -0.2) is 29.8 Å². The summed E-state index contributed by atoms with van der Waals surface area (Å²) < 4.78 is 43.3. The molecule has 31 heavy (non-hydrogen) atoms. The highest BCUT2D eigenvalue weighted by atomic mass is 19.4. The van der Waals surface area contributed by atoms with Gasteiger partial charge >= 0.3 is 6.18 Å². The number of hydrogen-bond donors (Lipinski definition) is 1. The van der Waals surface area contributed by atoms with E-state index < -0.39 is 23.7 Å². The Balaban J connectivity index is 1.73. The number of carbonyl (C=O) groups is 2. The average Bonchev–Trinajstić information content (AvgIpc) is 3.28. The van der Waals surface area contributed by atoms with E-state index in [1.807, 2.05) is 30.3 Å². The highest BCUT2D eigenvalue weighted by Crippen LogP contribution is 2.29. The maximum Gasteiger partial charge on any atom is 0.416 e. The number of furan rings is 1. The van der Waals surface area contributed by atoms with E-state index in [1.165, 1.54) is 36.4 Å². The zero-order valence-corrected chi connectivity index (χ0v) is 16.7. The Morgan fingerprint density at radius 2 is 1.65 bits per heavy atom. The van der Waals surface area contributed by atoms with Crippen LogP contribution in [0.3, 0.4) is 0 Å². The largest absolute Gasteiger partial charge is 0.459 e. The van der Waals surface area contributed by atoms with Crippen molar-refractivity contribution in [1.29, 1.82) is 0 Å². The summed E-state index contributed by atoms with van der Waals surface area (Å²) in [5, 5.41) is 2.69. The van der Waals surface area contributed by atoms with Crippen molar-refractivity contribution in [3.63, 3.8) is 0 Å². The second kappa shape index (κ2) is 9.51. The molecule has 3 aromatic rings. The van der Waals surface area contributed by atoms with Crippen LogP contribution in [0.4, 0.5) is 13.2 Å². The van der Waals surface area contributed by atoms with Crippen molar-refractivity contribution in [2.24, 2.45) is 0 Å². The van der Waals surface area contributed by atoms with E-state index in [1.54, 1.807) is 6.07 Å². The van der Waals surface area contributed by atoms with Crippen LogP contribution in [0.25, 0.3) is 0 Å². The van der Waals surface area contributed by atoms with Gasteiger partial charge in [0.05, 0.1) is 11.8 Å². The van der Waals surface area contributed by atoms with Gasteiger partial charge in [0.2, 0.25) is 5.91 Å². The summed E-state index contributed by atoms with van der Waals surface area (Å²) in [7, 11) is 1.54. The highest BCUT2D eigenvalue weighted by Gasteiger charge is 2.30. The van der Waals surface area contributed by atoms with E-state index in [0.717, 1.165) is 17.7 Å². The lowest BCUT2D eigenvalue weighted by atomic mass is 10.0. The first kappa shape index (κ1) is 22.1. The van der Waals surface area contributed by atoms with Gasteiger partial charge in [-0.1, -0.05) is 42.5 Å². The maximum absolute atomic E-state index is 13.1. The summed E-state index contributed by atoms with van der Waals surface area (Å²) >= 11 is 0. The molecular formula is C23H21F3N2O3. The number of rotatable bonds is 7. The van der Waals surface area contributed by atoms with E-state index >= 15 is 0 Å². The van der Waals surface area contributed by atoms with Gasteiger partial charge in [-0.2, -0.15) is 13.2 Å². The van der Waals surface area contributed by atoms with Crippen molar-refractivity contribution < 1.29 is 27.2 Å². The third-order valence-corrected chi connectivity index (χ3v) is 4.71. The summed E-state index contributed by atoms with van der Waals surface area (Å²) in [5.41, 5.74) is 0.640. The molecule has 3 rings (SSSR count). The van der Waals surface area contributed by atoms with Gasteiger partial charge in [-0.05, 0) is 35.4 Å². The molecule has 0 aliphatic heterocycles. The molecule has 1 aromatic heterocycles. The molecule has 0 bridgehead atoms. The minimum absolute atomic E-state index is 0.0799. The maximum atomic E-state index is 13.1. The zero-order chi connectivity index (χ0) is 22.4. The van der Waals surface area contributed by atoms with Crippen molar-refractivity contribution in [3.8, 4) is 0 Å². The van der Waals surface area contributed by atoms with E-state index in [4.69, 9.17) is 4.42 Å². The Kier molecular flexibility index (Phi) is 6.79. The van der Waals surface area contributed by atoms with Gasteiger partial charge in [0.15, 0.2) is 5.76 Å². The van der Waals surface area contributed by atoms with Gasteiger partial charge in [-0.25, -0.2) is 0 Å². The molecule has 162 valence electrons. The van der Waals surface area contributed by atoms with Crippen LogP contribution in [0.2, 0.25) is 0 Å². The summed E-state index contributed by atoms with van der Waals surface area (Å²) in [4.78, 5) is 26.9. The predicted molar refractivity (Wildman–Crippen MR) is 108 cm³/mol. The van der Waals surface area contributed by atoms with E-state index in [9.17, 15) is 22.8 Å².